The van der Waals surface area contributed by atoms with Crippen molar-refractivity contribution < 1.29 is 31.9 Å². The van der Waals surface area contributed by atoms with Gasteiger partial charge in [0.05, 0.1) is 27.0 Å². The molecule has 12 nitrogen and oxygen atoms in total. The number of carbonyl (C=O) groups is 1. The van der Waals surface area contributed by atoms with E-state index < -0.39 is 21.7 Å². The molecule has 14 heteroatoms. The Kier molecular flexibility index (Phi) is 8.17. The lowest BCUT2D eigenvalue weighted by Crippen LogP contribution is -2.32. The third-order valence-electron chi connectivity index (χ3n) is 5.65. The standard InChI is InChI=1S/C26H30ClN5O7S/c1-15-7-19(36-5)22(10-18(15)27)40(34,35)31-24-23-20(37-6)8-16(9-21(23)39-30-24)13-32-14-17(12-29-32)11-28-25(33)38-26(2,3)4/h7-10,12,14H,11,13H2,1-6H3,(H,28,33)(H,30,31). The fourth-order valence-corrected chi connectivity index (χ4v) is 5.27. The van der Waals surface area contributed by atoms with E-state index in [0.29, 0.717) is 28.8 Å². The molecule has 2 heterocycles. The van der Waals surface area contributed by atoms with Gasteiger partial charge in [-0.15, -0.1) is 0 Å². The summed E-state index contributed by atoms with van der Waals surface area (Å²) in [4.78, 5) is 11.8. The van der Waals surface area contributed by atoms with Crippen LogP contribution in [0.25, 0.3) is 11.0 Å². The second-order valence-electron chi connectivity index (χ2n) is 9.96. The van der Waals surface area contributed by atoms with Gasteiger partial charge in [-0.05, 0) is 63.1 Å². The third-order valence-corrected chi connectivity index (χ3v) is 7.42. The number of hydrogen-bond acceptors (Lipinski definition) is 9. The Bertz CT molecular complexity index is 1660. The first-order chi connectivity index (χ1) is 18.8. The second kappa shape index (κ2) is 11.3. The van der Waals surface area contributed by atoms with Crippen molar-refractivity contribution in [3.8, 4) is 11.5 Å². The zero-order valence-corrected chi connectivity index (χ0v) is 24.4. The lowest BCUT2D eigenvalue weighted by molar-refractivity contribution is 0.0523. The van der Waals surface area contributed by atoms with Crippen molar-refractivity contribution in [3.63, 3.8) is 0 Å². The highest BCUT2D eigenvalue weighted by Crippen LogP contribution is 2.36. The number of fused-ring (bicyclic) bond motifs is 1. The van der Waals surface area contributed by atoms with Crippen LogP contribution in [-0.2, 0) is 27.8 Å². The molecule has 2 aromatic heterocycles. The highest BCUT2D eigenvalue weighted by Gasteiger charge is 2.25. The number of alkyl carbamates (subject to hydrolysis) is 1. The summed E-state index contributed by atoms with van der Waals surface area (Å²) in [6.07, 6.45) is 2.91. The fraction of sp³-hybridized carbons (Fsp3) is 0.346. The number of nitrogens with one attached hydrogen (secondary N) is 2. The van der Waals surface area contributed by atoms with Crippen LogP contribution in [0.5, 0.6) is 11.5 Å². The second-order valence-corrected chi connectivity index (χ2v) is 12.0. The molecule has 0 aliphatic rings. The summed E-state index contributed by atoms with van der Waals surface area (Å²) in [5.74, 6) is 0.433. The molecule has 0 radical (unpaired) electrons. The van der Waals surface area contributed by atoms with Gasteiger partial charge in [-0.1, -0.05) is 16.8 Å². The minimum Gasteiger partial charge on any atom is -0.496 e. The van der Waals surface area contributed by atoms with Gasteiger partial charge in [-0.25, -0.2) is 13.2 Å². The number of halogens is 1. The van der Waals surface area contributed by atoms with E-state index in [4.69, 9.17) is 30.3 Å². The summed E-state index contributed by atoms with van der Waals surface area (Å²) in [6, 6.07) is 6.31. The van der Waals surface area contributed by atoms with Gasteiger partial charge in [0.1, 0.15) is 27.4 Å². The molecule has 0 bridgehead atoms. The predicted molar refractivity (Wildman–Crippen MR) is 149 cm³/mol. The highest BCUT2D eigenvalue weighted by molar-refractivity contribution is 7.92. The molecule has 0 saturated heterocycles. The van der Waals surface area contributed by atoms with Gasteiger partial charge in [0.2, 0.25) is 0 Å². The van der Waals surface area contributed by atoms with Gasteiger partial charge in [-0.2, -0.15) is 5.10 Å². The number of amides is 1. The van der Waals surface area contributed by atoms with Gasteiger partial charge < -0.3 is 24.1 Å². The lowest BCUT2D eigenvalue weighted by atomic mass is 10.1. The molecule has 2 N–H and O–H groups in total. The Morgan fingerprint density at radius 1 is 1.10 bits per heavy atom. The number of ether oxygens (including phenoxy) is 3. The van der Waals surface area contributed by atoms with Crippen molar-refractivity contribution in [2.75, 3.05) is 18.9 Å². The molecule has 40 heavy (non-hydrogen) atoms. The van der Waals surface area contributed by atoms with E-state index in [9.17, 15) is 13.2 Å². The largest absolute Gasteiger partial charge is 0.496 e. The normalized spacial score (nSPS) is 11.9. The van der Waals surface area contributed by atoms with Crippen LogP contribution in [0.4, 0.5) is 10.6 Å². The molecule has 0 spiro atoms. The predicted octanol–water partition coefficient (Wildman–Crippen LogP) is 4.88. The van der Waals surface area contributed by atoms with E-state index >= 15 is 0 Å². The summed E-state index contributed by atoms with van der Waals surface area (Å²) in [5.41, 5.74) is 1.92. The molecule has 4 rings (SSSR count). The van der Waals surface area contributed by atoms with Crippen LogP contribution >= 0.6 is 11.6 Å². The summed E-state index contributed by atoms with van der Waals surface area (Å²) in [6.45, 7) is 7.71. The molecule has 0 aliphatic carbocycles. The van der Waals surface area contributed by atoms with Crippen molar-refractivity contribution in [3.05, 3.63) is 58.4 Å². The number of aryl methyl sites for hydroxylation is 1. The molecule has 214 valence electrons. The third kappa shape index (κ3) is 6.59. The zero-order chi connectivity index (χ0) is 29.2. The summed E-state index contributed by atoms with van der Waals surface area (Å²) in [7, 11) is -1.32. The van der Waals surface area contributed by atoms with Crippen molar-refractivity contribution in [2.45, 2.75) is 51.3 Å². The Morgan fingerprint density at radius 2 is 1.82 bits per heavy atom. The van der Waals surface area contributed by atoms with E-state index in [-0.39, 0.29) is 28.0 Å². The lowest BCUT2D eigenvalue weighted by Gasteiger charge is -2.19. The fourth-order valence-electron chi connectivity index (χ4n) is 3.86. The summed E-state index contributed by atoms with van der Waals surface area (Å²) < 4.78 is 52.1. The van der Waals surface area contributed by atoms with Crippen molar-refractivity contribution in [1.82, 2.24) is 20.3 Å². The summed E-state index contributed by atoms with van der Waals surface area (Å²) >= 11 is 6.18. The van der Waals surface area contributed by atoms with Gasteiger partial charge >= 0.3 is 6.09 Å². The monoisotopic (exact) mass is 591 g/mol. The minimum absolute atomic E-state index is 0.0493. The average Bonchev–Trinajstić information content (AvgIpc) is 3.49. The maximum absolute atomic E-state index is 13.2. The Morgan fingerprint density at radius 3 is 2.50 bits per heavy atom. The number of aromatic nitrogens is 3. The molecule has 4 aromatic rings. The van der Waals surface area contributed by atoms with Crippen LogP contribution in [0.1, 0.15) is 37.5 Å². The Labute approximate surface area is 236 Å². The van der Waals surface area contributed by atoms with Crippen LogP contribution < -0.4 is 19.5 Å². The van der Waals surface area contributed by atoms with E-state index in [2.05, 4.69) is 20.3 Å². The molecule has 1 amide bonds. The van der Waals surface area contributed by atoms with E-state index in [1.807, 2.05) is 0 Å². The number of methoxy groups -OCH3 is 2. The molecule has 0 atom stereocenters. The number of anilines is 1. The quantitative estimate of drug-likeness (QED) is 0.278. The number of hydrogen-bond donors (Lipinski definition) is 2. The molecule has 2 aromatic carbocycles. The van der Waals surface area contributed by atoms with Gasteiger partial charge in [0, 0.05) is 23.3 Å². The van der Waals surface area contributed by atoms with Crippen LogP contribution in [0.15, 0.2) is 46.1 Å². The topological polar surface area (TPSA) is 147 Å². The van der Waals surface area contributed by atoms with E-state index in [1.54, 1.807) is 63.0 Å². The molecule has 0 unspecified atom stereocenters. The molecule has 0 saturated carbocycles. The van der Waals surface area contributed by atoms with E-state index in [1.165, 1.54) is 20.3 Å². The van der Waals surface area contributed by atoms with Gasteiger partial charge in [-0.3, -0.25) is 9.40 Å². The number of carbonyl (C=O) groups excluding carboxylic acids is 1. The zero-order valence-electron chi connectivity index (χ0n) is 22.9. The summed E-state index contributed by atoms with van der Waals surface area (Å²) in [5, 5.41) is 11.6. The number of sulfonamides is 1. The van der Waals surface area contributed by atoms with Crippen LogP contribution in [-0.4, -0.2) is 49.3 Å². The first-order valence-corrected chi connectivity index (χ1v) is 14.0. The van der Waals surface area contributed by atoms with Crippen LogP contribution in [0, 0.1) is 6.92 Å². The molecule has 0 fully saturated rings. The van der Waals surface area contributed by atoms with Gasteiger partial charge in [0.25, 0.3) is 10.0 Å². The number of benzene rings is 2. The Hall–Kier alpha value is -3.97. The minimum atomic E-state index is -4.15. The van der Waals surface area contributed by atoms with Crippen molar-refractivity contribution in [2.24, 2.45) is 0 Å². The Balaban J connectivity index is 1.54. The molecule has 0 aliphatic heterocycles. The SMILES string of the molecule is COc1cc(C)c(Cl)cc1S(=O)(=O)Nc1noc2cc(Cn3cc(CNC(=O)OC(C)(C)C)cn3)cc(OC)c12. The van der Waals surface area contributed by atoms with Crippen LogP contribution in [0.3, 0.4) is 0 Å². The van der Waals surface area contributed by atoms with Crippen LogP contribution in [0.2, 0.25) is 5.02 Å². The molecular weight excluding hydrogens is 562 g/mol. The maximum Gasteiger partial charge on any atom is 0.407 e. The first-order valence-electron chi connectivity index (χ1n) is 12.1. The first kappa shape index (κ1) is 29.0. The number of rotatable bonds is 9. The maximum atomic E-state index is 13.2. The van der Waals surface area contributed by atoms with E-state index in [0.717, 1.165) is 11.1 Å². The van der Waals surface area contributed by atoms with Gasteiger partial charge in [0.15, 0.2) is 11.4 Å². The van der Waals surface area contributed by atoms with Crippen molar-refractivity contribution in [1.29, 1.82) is 0 Å². The average molecular weight is 592 g/mol. The number of nitrogens with zero attached hydrogens (tertiary/aromatic N) is 3. The molecular formula is C26H30ClN5O7S. The van der Waals surface area contributed by atoms with Crippen molar-refractivity contribution >= 4 is 44.5 Å². The smallest absolute Gasteiger partial charge is 0.407 e. The highest BCUT2D eigenvalue weighted by atomic mass is 35.5.